The molecule has 0 spiro atoms. The first kappa shape index (κ1) is 13.0. The molecule has 0 saturated heterocycles. The molecule has 1 aliphatic heterocycles. The first-order chi connectivity index (χ1) is 9.63. The molecule has 3 rings (SSSR count). The van der Waals surface area contributed by atoms with E-state index in [1.807, 2.05) is 12.1 Å². The van der Waals surface area contributed by atoms with Crippen molar-refractivity contribution in [1.82, 2.24) is 0 Å². The lowest BCUT2D eigenvalue weighted by Gasteiger charge is -2.28. The van der Waals surface area contributed by atoms with Crippen LogP contribution in [0.25, 0.3) is 0 Å². The van der Waals surface area contributed by atoms with Gasteiger partial charge in [-0.3, -0.25) is 9.59 Å². The first-order valence-electron chi connectivity index (χ1n) is 6.98. The summed E-state index contributed by atoms with van der Waals surface area (Å²) in [6.45, 7) is 0. The van der Waals surface area contributed by atoms with Gasteiger partial charge >= 0.3 is 5.97 Å². The molecule has 20 heavy (non-hydrogen) atoms. The number of ether oxygens (including phenoxy) is 1. The monoisotopic (exact) mass is 275 g/mol. The van der Waals surface area contributed by atoms with E-state index in [9.17, 15) is 9.59 Å². The Morgan fingerprint density at radius 2 is 2.00 bits per heavy atom. The number of hydrogen-bond donors (Lipinski definition) is 2. The van der Waals surface area contributed by atoms with Gasteiger partial charge in [0.15, 0.2) is 6.10 Å². The standard InChI is InChI=1S/C15H17NO4/c17-14(18)6-5-12-15(19)16-11-7-9-3-1-2-4-10(9)8-13(11)20-12/h7-8,12H,1-6H2,(H,16,19)(H,17,18)/t12-/m0/s1. The number of aryl methyl sites for hydroxylation is 2. The molecular formula is C15H17NO4. The molecule has 5 heteroatoms. The highest BCUT2D eigenvalue weighted by Gasteiger charge is 2.29. The van der Waals surface area contributed by atoms with E-state index in [0.29, 0.717) is 11.4 Å². The van der Waals surface area contributed by atoms with Crippen molar-refractivity contribution in [2.45, 2.75) is 44.6 Å². The minimum absolute atomic E-state index is 0.0711. The summed E-state index contributed by atoms with van der Waals surface area (Å²) in [4.78, 5) is 22.5. The van der Waals surface area contributed by atoms with Crippen LogP contribution < -0.4 is 10.1 Å². The third-order valence-electron chi connectivity index (χ3n) is 3.88. The fourth-order valence-corrected chi connectivity index (χ4v) is 2.82. The van der Waals surface area contributed by atoms with Gasteiger partial charge in [-0.1, -0.05) is 0 Å². The van der Waals surface area contributed by atoms with Gasteiger partial charge in [0.25, 0.3) is 5.91 Å². The number of rotatable bonds is 3. The third kappa shape index (κ3) is 2.48. The minimum atomic E-state index is -0.919. The van der Waals surface area contributed by atoms with Crippen LogP contribution in [0.1, 0.15) is 36.8 Å². The number of nitrogens with one attached hydrogen (secondary N) is 1. The fraction of sp³-hybridized carbons (Fsp3) is 0.467. The van der Waals surface area contributed by atoms with Crippen molar-refractivity contribution in [3.63, 3.8) is 0 Å². The molecule has 0 fully saturated rings. The number of aliphatic carboxylic acids is 1. The minimum Gasteiger partial charge on any atom is -0.481 e. The first-order valence-corrected chi connectivity index (χ1v) is 6.98. The van der Waals surface area contributed by atoms with E-state index in [2.05, 4.69) is 5.32 Å². The van der Waals surface area contributed by atoms with E-state index in [1.54, 1.807) is 0 Å². The maximum atomic E-state index is 11.9. The Kier molecular flexibility index (Phi) is 3.34. The Hall–Kier alpha value is -2.04. The number of carbonyl (C=O) groups excluding carboxylic acids is 1. The molecule has 106 valence electrons. The Balaban J connectivity index is 1.82. The van der Waals surface area contributed by atoms with Crippen LogP contribution in [0.5, 0.6) is 5.75 Å². The molecule has 1 heterocycles. The molecule has 1 amide bonds. The molecule has 1 aliphatic carbocycles. The van der Waals surface area contributed by atoms with Crippen molar-refractivity contribution in [1.29, 1.82) is 0 Å². The largest absolute Gasteiger partial charge is 0.481 e. The molecular weight excluding hydrogens is 258 g/mol. The maximum Gasteiger partial charge on any atom is 0.303 e. The van der Waals surface area contributed by atoms with Crippen LogP contribution in [0.15, 0.2) is 12.1 Å². The van der Waals surface area contributed by atoms with Gasteiger partial charge in [-0.25, -0.2) is 0 Å². The second-order valence-electron chi connectivity index (χ2n) is 5.35. The Morgan fingerprint density at radius 1 is 1.30 bits per heavy atom. The number of anilines is 1. The van der Waals surface area contributed by atoms with Gasteiger partial charge in [0.05, 0.1) is 5.69 Å². The number of carbonyl (C=O) groups is 2. The van der Waals surface area contributed by atoms with Gasteiger partial charge in [0.2, 0.25) is 0 Å². The lowest BCUT2D eigenvalue weighted by Crippen LogP contribution is -2.37. The van der Waals surface area contributed by atoms with Crippen molar-refractivity contribution < 1.29 is 19.4 Å². The van der Waals surface area contributed by atoms with Crippen molar-refractivity contribution >= 4 is 17.6 Å². The van der Waals surface area contributed by atoms with E-state index < -0.39 is 12.1 Å². The quantitative estimate of drug-likeness (QED) is 0.886. The zero-order chi connectivity index (χ0) is 14.1. The third-order valence-corrected chi connectivity index (χ3v) is 3.88. The van der Waals surface area contributed by atoms with Crippen LogP contribution in [0, 0.1) is 0 Å². The SMILES string of the molecule is O=C(O)CC[C@@H]1Oc2cc3c(cc2NC1=O)CCCC3. The summed E-state index contributed by atoms with van der Waals surface area (Å²) in [5, 5.41) is 11.5. The molecule has 0 unspecified atom stereocenters. The summed E-state index contributed by atoms with van der Waals surface area (Å²) < 4.78 is 5.69. The van der Waals surface area contributed by atoms with Gasteiger partial charge in [-0.05, 0) is 48.9 Å². The zero-order valence-corrected chi connectivity index (χ0v) is 11.1. The van der Waals surface area contributed by atoms with Crippen LogP contribution in [-0.2, 0) is 22.4 Å². The average molecular weight is 275 g/mol. The average Bonchev–Trinajstić information content (AvgIpc) is 2.43. The molecule has 1 aromatic carbocycles. The summed E-state index contributed by atoms with van der Waals surface area (Å²) >= 11 is 0. The lowest BCUT2D eigenvalue weighted by atomic mass is 9.90. The number of amides is 1. The van der Waals surface area contributed by atoms with Crippen LogP contribution in [0.3, 0.4) is 0 Å². The Labute approximate surface area is 116 Å². The van der Waals surface area contributed by atoms with Crippen molar-refractivity contribution in [2.75, 3.05) is 5.32 Å². The van der Waals surface area contributed by atoms with Crippen LogP contribution in [0.2, 0.25) is 0 Å². The second kappa shape index (κ2) is 5.15. The molecule has 2 N–H and O–H groups in total. The smallest absolute Gasteiger partial charge is 0.303 e. The molecule has 0 aromatic heterocycles. The molecule has 0 saturated carbocycles. The fourth-order valence-electron chi connectivity index (χ4n) is 2.82. The maximum absolute atomic E-state index is 11.9. The van der Waals surface area contributed by atoms with Crippen LogP contribution in [0.4, 0.5) is 5.69 Å². The van der Waals surface area contributed by atoms with Crippen LogP contribution >= 0.6 is 0 Å². The number of carboxylic acid groups (broad SMARTS) is 1. The van der Waals surface area contributed by atoms with Gasteiger partial charge in [-0.15, -0.1) is 0 Å². The van der Waals surface area contributed by atoms with Gasteiger partial charge in [-0.2, -0.15) is 0 Å². The second-order valence-corrected chi connectivity index (χ2v) is 5.35. The summed E-state index contributed by atoms with van der Waals surface area (Å²) in [7, 11) is 0. The topological polar surface area (TPSA) is 75.6 Å². The Bertz CT molecular complexity index is 567. The molecule has 0 radical (unpaired) electrons. The Morgan fingerprint density at radius 3 is 2.70 bits per heavy atom. The predicted molar refractivity (Wildman–Crippen MR) is 73.0 cm³/mol. The summed E-state index contributed by atoms with van der Waals surface area (Å²) in [6, 6.07) is 3.99. The van der Waals surface area contributed by atoms with E-state index in [1.165, 1.54) is 24.0 Å². The normalized spacial score (nSPS) is 20.4. The van der Waals surface area contributed by atoms with Crippen LogP contribution in [-0.4, -0.2) is 23.1 Å². The van der Waals surface area contributed by atoms with Gasteiger partial charge < -0.3 is 15.2 Å². The van der Waals surface area contributed by atoms with E-state index in [0.717, 1.165) is 12.8 Å². The number of hydrogen-bond acceptors (Lipinski definition) is 3. The van der Waals surface area contributed by atoms with E-state index in [4.69, 9.17) is 9.84 Å². The molecule has 5 nitrogen and oxygen atoms in total. The zero-order valence-electron chi connectivity index (χ0n) is 11.1. The molecule has 1 atom stereocenters. The van der Waals surface area contributed by atoms with Crippen molar-refractivity contribution in [2.24, 2.45) is 0 Å². The highest BCUT2D eigenvalue weighted by atomic mass is 16.5. The summed E-state index contributed by atoms with van der Waals surface area (Å²) in [5.41, 5.74) is 3.27. The van der Waals surface area contributed by atoms with E-state index in [-0.39, 0.29) is 18.7 Å². The van der Waals surface area contributed by atoms with E-state index >= 15 is 0 Å². The van der Waals surface area contributed by atoms with Crippen molar-refractivity contribution in [3.05, 3.63) is 23.3 Å². The van der Waals surface area contributed by atoms with Gasteiger partial charge in [0, 0.05) is 12.8 Å². The predicted octanol–water partition coefficient (Wildman–Crippen LogP) is 2.13. The molecule has 0 bridgehead atoms. The highest BCUT2D eigenvalue weighted by molar-refractivity contribution is 5.98. The molecule has 2 aliphatic rings. The lowest BCUT2D eigenvalue weighted by molar-refractivity contribution is -0.137. The number of fused-ring (bicyclic) bond motifs is 2. The highest BCUT2D eigenvalue weighted by Crippen LogP contribution is 2.36. The number of carboxylic acids is 1. The van der Waals surface area contributed by atoms with Crippen molar-refractivity contribution in [3.8, 4) is 5.75 Å². The molecule has 1 aromatic rings. The summed E-state index contributed by atoms with van der Waals surface area (Å²) in [6.07, 6.45) is 3.86. The van der Waals surface area contributed by atoms with Gasteiger partial charge in [0.1, 0.15) is 5.75 Å². The summed E-state index contributed by atoms with van der Waals surface area (Å²) in [5.74, 6) is -0.507. The number of benzene rings is 1.